The van der Waals surface area contributed by atoms with Crippen LogP contribution in [0.15, 0.2) is 60.7 Å². The molecule has 1 amide bonds. The molecule has 0 aliphatic rings. The first-order valence-electron chi connectivity index (χ1n) is 7.88. The van der Waals surface area contributed by atoms with Crippen LogP contribution in [0.5, 0.6) is 0 Å². The van der Waals surface area contributed by atoms with Crippen LogP contribution in [0.3, 0.4) is 0 Å². The van der Waals surface area contributed by atoms with Crippen LogP contribution < -0.4 is 5.32 Å². The molecule has 2 rings (SSSR count). The second kappa shape index (κ2) is 9.27. The van der Waals surface area contributed by atoms with Gasteiger partial charge in [0.15, 0.2) is 0 Å². The second-order valence-electron chi connectivity index (χ2n) is 5.48. The third-order valence-electron chi connectivity index (χ3n) is 3.50. The van der Waals surface area contributed by atoms with Gasteiger partial charge in [0.2, 0.25) is 0 Å². The second-order valence-corrected chi connectivity index (χ2v) is 5.48. The number of alkyl carbamates (subject to hydrolysis) is 1. The number of carbonyl (C=O) groups is 2. The van der Waals surface area contributed by atoms with Crippen molar-refractivity contribution >= 4 is 18.1 Å². The van der Waals surface area contributed by atoms with E-state index in [4.69, 9.17) is 9.47 Å². The number of hydrogen-bond donors (Lipinski definition) is 1. The molecule has 0 fully saturated rings. The van der Waals surface area contributed by atoms with E-state index in [9.17, 15) is 9.59 Å². The van der Waals surface area contributed by atoms with E-state index in [1.165, 1.54) is 7.11 Å². The first-order chi connectivity index (χ1) is 12.1. The molecule has 2 aromatic rings. The molecule has 0 saturated heterocycles. The Kier molecular flexibility index (Phi) is 6.77. The van der Waals surface area contributed by atoms with E-state index in [2.05, 4.69) is 5.32 Å². The summed E-state index contributed by atoms with van der Waals surface area (Å²) in [6, 6.07) is 16.2. The number of hydrogen-bond acceptors (Lipinski definition) is 4. The zero-order chi connectivity index (χ0) is 18.1. The summed E-state index contributed by atoms with van der Waals surface area (Å²) in [6.07, 6.45) is 2.63. The Bertz CT molecular complexity index is 723. The molecule has 2 aromatic carbocycles. The Hall–Kier alpha value is -3.08. The third-order valence-corrected chi connectivity index (χ3v) is 3.50. The average molecular weight is 339 g/mol. The maximum Gasteiger partial charge on any atom is 0.408 e. The maximum atomic E-state index is 11.9. The van der Waals surface area contributed by atoms with Crippen LogP contribution in [0, 0.1) is 6.92 Å². The lowest BCUT2D eigenvalue weighted by Gasteiger charge is -2.13. The van der Waals surface area contributed by atoms with Gasteiger partial charge in [-0.3, -0.25) is 0 Å². The van der Waals surface area contributed by atoms with Crippen LogP contribution >= 0.6 is 0 Å². The van der Waals surface area contributed by atoms with Gasteiger partial charge in [0.1, 0.15) is 12.6 Å². The zero-order valence-electron chi connectivity index (χ0n) is 14.3. The number of aryl methyl sites for hydroxylation is 1. The van der Waals surface area contributed by atoms with Crippen LogP contribution in [0.2, 0.25) is 0 Å². The Morgan fingerprint density at radius 2 is 1.76 bits per heavy atom. The molecule has 0 radical (unpaired) electrons. The lowest BCUT2D eigenvalue weighted by atomic mass is 10.1. The lowest BCUT2D eigenvalue weighted by molar-refractivity contribution is -0.141. The molecule has 0 aromatic heterocycles. The van der Waals surface area contributed by atoms with Gasteiger partial charge in [-0.05, 0) is 18.1 Å². The summed E-state index contributed by atoms with van der Waals surface area (Å²) in [5, 5.41) is 2.50. The van der Waals surface area contributed by atoms with Crippen molar-refractivity contribution < 1.29 is 19.1 Å². The van der Waals surface area contributed by atoms with Gasteiger partial charge in [0.25, 0.3) is 0 Å². The van der Waals surface area contributed by atoms with Gasteiger partial charge in [-0.2, -0.15) is 0 Å². The van der Waals surface area contributed by atoms with Gasteiger partial charge in [-0.1, -0.05) is 72.3 Å². The highest BCUT2D eigenvalue weighted by molar-refractivity contribution is 5.84. The molecule has 0 unspecified atom stereocenters. The Labute approximate surface area is 147 Å². The van der Waals surface area contributed by atoms with Crippen LogP contribution in [0.25, 0.3) is 6.08 Å². The van der Waals surface area contributed by atoms with Crippen molar-refractivity contribution in [2.24, 2.45) is 0 Å². The first-order valence-corrected chi connectivity index (χ1v) is 7.88. The normalized spacial score (nSPS) is 11.8. The number of ether oxygens (including phenoxy) is 2. The number of methoxy groups -OCH3 is 1. The number of benzene rings is 2. The third kappa shape index (κ3) is 6.14. The number of rotatable bonds is 6. The molecule has 1 N–H and O–H groups in total. The smallest absolute Gasteiger partial charge is 0.408 e. The number of carbonyl (C=O) groups excluding carboxylic acids is 2. The van der Waals surface area contributed by atoms with E-state index in [1.54, 1.807) is 12.2 Å². The van der Waals surface area contributed by atoms with Gasteiger partial charge in [0.05, 0.1) is 7.11 Å². The summed E-state index contributed by atoms with van der Waals surface area (Å²) in [5.41, 5.74) is 2.92. The van der Waals surface area contributed by atoms with Crippen molar-refractivity contribution in [3.05, 3.63) is 77.4 Å². The SMILES string of the molecule is COC(=O)[C@H](/C=C/c1ccc(C)cc1)NC(=O)OCc1ccccc1. The number of esters is 1. The minimum absolute atomic E-state index is 0.127. The molecule has 25 heavy (non-hydrogen) atoms. The van der Waals surface area contributed by atoms with Crippen LogP contribution in [0.1, 0.15) is 16.7 Å². The molecule has 0 aliphatic heterocycles. The molecular weight excluding hydrogens is 318 g/mol. The van der Waals surface area contributed by atoms with E-state index in [0.717, 1.165) is 16.7 Å². The van der Waals surface area contributed by atoms with E-state index >= 15 is 0 Å². The minimum Gasteiger partial charge on any atom is -0.467 e. The lowest BCUT2D eigenvalue weighted by Crippen LogP contribution is -2.40. The van der Waals surface area contributed by atoms with E-state index in [0.29, 0.717) is 0 Å². The zero-order valence-corrected chi connectivity index (χ0v) is 14.3. The van der Waals surface area contributed by atoms with E-state index in [-0.39, 0.29) is 6.61 Å². The summed E-state index contributed by atoms with van der Waals surface area (Å²) >= 11 is 0. The number of amides is 1. The van der Waals surface area contributed by atoms with Crippen LogP contribution in [-0.4, -0.2) is 25.2 Å². The highest BCUT2D eigenvalue weighted by atomic mass is 16.6. The largest absolute Gasteiger partial charge is 0.467 e. The predicted octanol–water partition coefficient (Wildman–Crippen LogP) is 3.48. The average Bonchev–Trinajstić information content (AvgIpc) is 2.65. The van der Waals surface area contributed by atoms with Crippen LogP contribution in [0.4, 0.5) is 4.79 Å². The van der Waals surface area contributed by atoms with Gasteiger partial charge in [-0.15, -0.1) is 0 Å². The summed E-state index contributed by atoms with van der Waals surface area (Å²) in [5.74, 6) is -0.569. The molecule has 1 atom stereocenters. The van der Waals surface area contributed by atoms with Gasteiger partial charge >= 0.3 is 12.1 Å². The standard InChI is InChI=1S/C20H21NO4/c1-15-8-10-16(11-9-15)12-13-18(19(22)24-2)21-20(23)25-14-17-6-4-3-5-7-17/h3-13,18H,14H2,1-2H3,(H,21,23)/b13-12+/t18-/m0/s1. The van der Waals surface area contributed by atoms with Crippen molar-refractivity contribution in [1.82, 2.24) is 5.32 Å². The van der Waals surface area contributed by atoms with Crippen molar-refractivity contribution in [2.45, 2.75) is 19.6 Å². The summed E-state index contributed by atoms with van der Waals surface area (Å²) in [7, 11) is 1.27. The fourth-order valence-electron chi connectivity index (χ4n) is 2.09. The first kappa shape index (κ1) is 18.3. The fraction of sp³-hybridized carbons (Fsp3) is 0.200. The van der Waals surface area contributed by atoms with Crippen molar-refractivity contribution in [3.63, 3.8) is 0 Å². The topological polar surface area (TPSA) is 64.6 Å². The minimum atomic E-state index is -0.922. The molecule has 0 bridgehead atoms. The maximum absolute atomic E-state index is 11.9. The summed E-state index contributed by atoms with van der Waals surface area (Å²) in [6.45, 7) is 2.12. The van der Waals surface area contributed by atoms with Crippen molar-refractivity contribution in [3.8, 4) is 0 Å². The van der Waals surface area contributed by atoms with Crippen LogP contribution in [-0.2, 0) is 20.9 Å². The Balaban J connectivity index is 1.96. The molecule has 0 aliphatic carbocycles. The summed E-state index contributed by atoms with van der Waals surface area (Å²) < 4.78 is 9.85. The van der Waals surface area contributed by atoms with Gasteiger partial charge < -0.3 is 14.8 Å². The Morgan fingerprint density at radius 3 is 2.40 bits per heavy atom. The monoisotopic (exact) mass is 339 g/mol. The van der Waals surface area contributed by atoms with Crippen molar-refractivity contribution in [1.29, 1.82) is 0 Å². The molecular formula is C20H21NO4. The van der Waals surface area contributed by atoms with Crippen molar-refractivity contribution in [2.75, 3.05) is 7.11 Å². The Morgan fingerprint density at radius 1 is 1.08 bits per heavy atom. The quantitative estimate of drug-likeness (QED) is 0.819. The number of nitrogens with one attached hydrogen (secondary N) is 1. The molecule has 5 heteroatoms. The fourth-order valence-corrected chi connectivity index (χ4v) is 2.09. The summed E-state index contributed by atoms with van der Waals surface area (Å²) in [4.78, 5) is 23.8. The molecule has 130 valence electrons. The highest BCUT2D eigenvalue weighted by Gasteiger charge is 2.19. The van der Waals surface area contributed by atoms with E-state index in [1.807, 2.05) is 61.5 Å². The van der Waals surface area contributed by atoms with E-state index < -0.39 is 18.1 Å². The van der Waals surface area contributed by atoms with Gasteiger partial charge in [0, 0.05) is 0 Å². The van der Waals surface area contributed by atoms with Gasteiger partial charge in [-0.25, -0.2) is 9.59 Å². The molecule has 0 heterocycles. The molecule has 5 nitrogen and oxygen atoms in total. The molecule has 0 spiro atoms. The highest BCUT2D eigenvalue weighted by Crippen LogP contribution is 2.07. The molecule has 0 saturated carbocycles. The predicted molar refractivity (Wildman–Crippen MR) is 95.8 cm³/mol.